The van der Waals surface area contributed by atoms with Crippen molar-refractivity contribution in [3.05, 3.63) is 57.9 Å². The largest absolute Gasteiger partial charge is 0.496 e. The van der Waals surface area contributed by atoms with Gasteiger partial charge in [0.15, 0.2) is 0 Å². The number of methoxy groups -OCH3 is 2. The van der Waals surface area contributed by atoms with Gasteiger partial charge in [0.1, 0.15) is 23.0 Å². The number of nitrogens with zero attached hydrogens (tertiary/aromatic N) is 2. The average Bonchev–Trinajstić information content (AvgIpc) is 3.05. The van der Waals surface area contributed by atoms with Crippen molar-refractivity contribution in [2.75, 3.05) is 27.4 Å². The number of rotatable bonds is 20. The highest BCUT2D eigenvalue weighted by atomic mass is 35.5. The van der Waals surface area contributed by atoms with Crippen LogP contribution in [-0.2, 0) is 24.7 Å². The van der Waals surface area contributed by atoms with Crippen LogP contribution in [0.3, 0.4) is 0 Å². The molecule has 44 heavy (non-hydrogen) atoms. The Morgan fingerprint density at radius 3 is 1.59 bits per heavy atom. The molecule has 2 aromatic carbocycles. The molecule has 6 nitrogen and oxygen atoms in total. The fraction of sp³-hybridized carbons (Fsp3) is 0.611. The van der Waals surface area contributed by atoms with Crippen LogP contribution in [0, 0.1) is 29.7 Å². The molecule has 2 unspecified atom stereocenters. The number of hydrogen-bond donors (Lipinski definition) is 0. The maximum absolute atomic E-state index is 9.03. The minimum atomic E-state index is 0.249. The lowest BCUT2D eigenvalue weighted by Gasteiger charge is -2.18. The first-order valence-electron chi connectivity index (χ1n) is 15.9. The predicted octanol–water partition coefficient (Wildman–Crippen LogP) is 10.5. The topological polar surface area (TPSA) is 65.1 Å². The first-order chi connectivity index (χ1) is 21.4. The number of benzene rings is 2. The van der Waals surface area contributed by atoms with Gasteiger partial charge in [-0.1, -0.05) is 66.2 Å². The second kappa shape index (κ2) is 23.6. The van der Waals surface area contributed by atoms with E-state index in [9.17, 15) is 0 Å². The molecule has 244 valence electrons. The monoisotopic (exact) mass is 646 g/mol. The van der Waals surface area contributed by atoms with E-state index in [2.05, 4.69) is 38.6 Å². The highest BCUT2D eigenvalue weighted by Gasteiger charge is 2.16. The van der Waals surface area contributed by atoms with Crippen LogP contribution in [0.5, 0.6) is 23.0 Å². The minimum Gasteiger partial charge on any atom is -0.496 e. The van der Waals surface area contributed by atoms with Crippen molar-refractivity contribution in [2.24, 2.45) is 11.8 Å². The molecule has 0 radical (unpaired) electrons. The van der Waals surface area contributed by atoms with Crippen LogP contribution >= 0.6 is 23.2 Å². The molecule has 2 aromatic rings. The van der Waals surface area contributed by atoms with Crippen molar-refractivity contribution in [1.82, 2.24) is 0 Å². The van der Waals surface area contributed by atoms with E-state index in [0.29, 0.717) is 41.7 Å². The summed E-state index contributed by atoms with van der Waals surface area (Å²) in [6.07, 6.45) is 9.73. The molecule has 0 fully saturated rings. The fourth-order valence-electron chi connectivity index (χ4n) is 4.79. The van der Waals surface area contributed by atoms with Crippen LogP contribution < -0.4 is 18.9 Å². The summed E-state index contributed by atoms with van der Waals surface area (Å²) in [6.45, 7) is 17.5. The Bertz CT molecular complexity index is 1180. The SMILES string of the molecule is CCCCC(CC)COc1cc(CCl)c(OC)cc1CCl.[C-]#[N+]Cc1cc(OCC(CC)CCCC)c(CC#N)cc1OC. The van der Waals surface area contributed by atoms with Gasteiger partial charge in [-0.25, -0.2) is 6.57 Å². The summed E-state index contributed by atoms with van der Waals surface area (Å²) in [5.41, 5.74) is 3.52. The Kier molecular flexibility index (Phi) is 21.0. The lowest BCUT2D eigenvalue weighted by atomic mass is 10.0. The van der Waals surface area contributed by atoms with Gasteiger partial charge in [-0.15, -0.1) is 23.2 Å². The van der Waals surface area contributed by atoms with E-state index in [-0.39, 0.29) is 13.0 Å². The van der Waals surface area contributed by atoms with Gasteiger partial charge in [0, 0.05) is 16.7 Å². The van der Waals surface area contributed by atoms with Crippen LogP contribution in [0.1, 0.15) is 101 Å². The van der Waals surface area contributed by atoms with Crippen LogP contribution in [0.25, 0.3) is 4.85 Å². The van der Waals surface area contributed by atoms with Crippen molar-refractivity contribution in [2.45, 2.75) is 104 Å². The summed E-state index contributed by atoms with van der Waals surface area (Å²) in [7, 11) is 3.22. The summed E-state index contributed by atoms with van der Waals surface area (Å²) in [5.74, 6) is 4.88. The molecule has 0 saturated heterocycles. The lowest BCUT2D eigenvalue weighted by Crippen LogP contribution is -2.12. The average molecular weight is 648 g/mol. The summed E-state index contributed by atoms with van der Waals surface area (Å²) in [4.78, 5) is 3.43. The third kappa shape index (κ3) is 13.5. The molecule has 2 atom stereocenters. The Morgan fingerprint density at radius 2 is 1.16 bits per heavy atom. The lowest BCUT2D eigenvalue weighted by molar-refractivity contribution is 0.231. The zero-order valence-electron chi connectivity index (χ0n) is 27.6. The Morgan fingerprint density at radius 1 is 0.727 bits per heavy atom. The number of alkyl halides is 2. The zero-order valence-corrected chi connectivity index (χ0v) is 29.2. The van der Waals surface area contributed by atoms with Crippen LogP contribution in [0.2, 0.25) is 0 Å². The Labute approximate surface area is 276 Å². The van der Waals surface area contributed by atoms with Gasteiger partial charge in [-0.3, -0.25) is 0 Å². The molecule has 8 heteroatoms. The van der Waals surface area contributed by atoms with Gasteiger partial charge in [0.2, 0.25) is 6.54 Å². The molecule has 0 aliphatic rings. The summed E-state index contributed by atoms with van der Waals surface area (Å²) < 4.78 is 22.7. The fourth-order valence-corrected chi connectivity index (χ4v) is 5.21. The van der Waals surface area contributed by atoms with E-state index in [1.165, 1.54) is 32.1 Å². The first kappa shape index (κ1) is 39.2. The molecule has 0 aromatic heterocycles. The van der Waals surface area contributed by atoms with Crippen LogP contribution in [-0.4, -0.2) is 27.4 Å². The van der Waals surface area contributed by atoms with Crippen molar-refractivity contribution in [1.29, 1.82) is 5.26 Å². The van der Waals surface area contributed by atoms with Crippen LogP contribution in [0.4, 0.5) is 0 Å². The van der Waals surface area contributed by atoms with E-state index >= 15 is 0 Å². The molecule has 0 saturated carbocycles. The quantitative estimate of drug-likeness (QED) is 0.106. The molecule has 0 amide bonds. The Hall–Kier alpha value is -2.80. The van der Waals surface area contributed by atoms with Gasteiger partial charge < -0.3 is 23.8 Å². The second-order valence-electron chi connectivity index (χ2n) is 10.9. The van der Waals surface area contributed by atoms with Gasteiger partial charge in [0.05, 0.1) is 57.2 Å². The highest BCUT2D eigenvalue weighted by molar-refractivity contribution is 6.18. The molecule has 0 heterocycles. The summed E-state index contributed by atoms with van der Waals surface area (Å²) >= 11 is 12.0. The molecule has 0 aliphatic heterocycles. The van der Waals surface area contributed by atoms with E-state index < -0.39 is 0 Å². The molecule has 0 spiro atoms. The number of nitriles is 1. The van der Waals surface area contributed by atoms with Gasteiger partial charge in [-0.2, -0.15) is 5.26 Å². The molecular formula is C36H52Cl2N2O4. The van der Waals surface area contributed by atoms with Crippen LogP contribution in [0.15, 0.2) is 24.3 Å². The third-order valence-electron chi connectivity index (χ3n) is 7.77. The zero-order chi connectivity index (χ0) is 32.7. The number of ether oxygens (including phenoxy) is 4. The van der Waals surface area contributed by atoms with E-state index in [0.717, 1.165) is 59.6 Å². The van der Waals surface area contributed by atoms with Crippen molar-refractivity contribution < 1.29 is 18.9 Å². The standard InChI is InChI=1S/C19H26N2O2.C17H26Cl2O2/c1-5-7-8-15(6-2)14-23-19-12-17(13-21-3)18(22-4)11-16(19)9-10-20;1-4-6-7-13(5-2)12-21-17-9-14(10-18)16(20-3)8-15(17)11-19/h11-12,15H,5-9,13-14H2,1-2,4H3;8-9,13H,4-7,10-12H2,1-3H3. The summed E-state index contributed by atoms with van der Waals surface area (Å²) in [6, 6.07) is 9.73. The van der Waals surface area contributed by atoms with Gasteiger partial charge >= 0.3 is 0 Å². The molecule has 0 N–H and O–H groups in total. The van der Waals surface area contributed by atoms with Gasteiger partial charge in [0.25, 0.3) is 0 Å². The molecule has 0 bridgehead atoms. The number of halogens is 2. The van der Waals surface area contributed by atoms with Crippen molar-refractivity contribution in [3.63, 3.8) is 0 Å². The van der Waals surface area contributed by atoms with E-state index in [4.69, 9.17) is 54.0 Å². The maximum Gasteiger partial charge on any atom is 0.243 e. The first-order valence-corrected chi connectivity index (χ1v) is 16.9. The maximum atomic E-state index is 9.03. The Balaban J connectivity index is 0.000000442. The predicted molar refractivity (Wildman–Crippen MR) is 182 cm³/mol. The summed E-state index contributed by atoms with van der Waals surface area (Å²) in [5, 5.41) is 9.03. The molecule has 2 rings (SSSR count). The minimum absolute atomic E-state index is 0.249. The third-order valence-corrected chi connectivity index (χ3v) is 8.35. The number of hydrogen-bond acceptors (Lipinski definition) is 5. The molecular weight excluding hydrogens is 595 g/mol. The van der Waals surface area contributed by atoms with Gasteiger partial charge in [-0.05, 0) is 48.9 Å². The van der Waals surface area contributed by atoms with E-state index in [1.807, 2.05) is 24.3 Å². The van der Waals surface area contributed by atoms with E-state index in [1.54, 1.807) is 14.2 Å². The highest BCUT2D eigenvalue weighted by Crippen LogP contribution is 2.33. The second-order valence-corrected chi connectivity index (χ2v) is 11.5. The normalized spacial score (nSPS) is 11.8. The smallest absolute Gasteiger partial charge is 0.243 e. The molecule has 0 aliphatic carbocycles. The number of unbranched alkanes of at least 4 members (excludes halogenated alkanes) is 2. The van der Waals surface area contributed by atoms with Crippen molar-refractivity contribution >= 4 is 23.2 Å². The van der Waals surface area contributed by atoms with Crippen molar-refractivity contribution in [3.8, 4) is 29.1 Å².